The Morgan fingerprint density at radius 1 is 1.10 bits per heavy atom. The zero-order chi connectivity index (χ0) is 22.2. The van der Waals surface area contributed by atoms with Crippen LogP contribution in [0.5, 0.6) is 0 Å². The van der Waals surface area contributed by atoms with Crippen molar-refractivity contribution in [1.82, 2.24) is 19.7 Å². The first-order valence-electron chi connectivity index (χ1n) is 9.13. The minimum atomic E-state index is -1.29. The van der Waals surface area contributed by atoms with Crippen molar-refractivity contribution in [1.29, 1.82) is 0 Å². The van der Waals surface area contributed by atoms with Crippen LogP contribution in [-0.2, 0) is 21.4 Å². The van der Waals surface area contributed by atoms with Crippen LogP contribution in [0.3, 0.4) is 0 Å². The standard InChI is InChI=1S/C20H22N4O6/c1-20(2,3)29-19(28)23(5)15(12-10-21-22(4)11-12)18(27)30-24-16(25)13-8-6-7-9-14(13)17(24)26/h6-11,15H,1-5H3. The highest BCUT2D eigenvalue weighted by molar-refractivity contribution is 6.20. The summed E-state index contributed by atoms with van der Waals surface area (Å²) in [6.07, 6.45) is 2.13. The Hall–Kier alpha value is -3.69. The number of likely N-dealkylation sites (N-methyl/N-ethyl adjacent to an activating group) is 1. The van der Waals surface area contributed by atoms with E-state index in [2.05, 4.69) is 5.10 Å². The highest BCUT2D eigenvalue weighted by Crippen LogP contribution is 2.27. The molecule has 2 heterocycles. The monoisotopic (exact) mass is 414 g/mol. The number of carbonyl (C=O) groups excluding carboxylic acids is 4. The Morgan fingerprint density at radius 2 is 1.67 bits per heavy atom. The largest absolute Gasteiger partial charge is 0.444 e. The number of hydrogen-bond donors (Lipinski definition) is 0. The number of hydroxylamine groups is 2. The molecule has 1 aromatic heterocycles. The molecule has 0 bridgehead atoms. The fourth-order valence-corrected chi connectivity index (χ4v) is 2.93. The molecule has 30 heavy (non-hydrogen) atoms. The average molecular weight is 414 g/mol. The molecule has 3 rings (SSSR count). The molecule has 1 atom stereocenters. The lowest BCUT2D eigenvalue weighted by Gasteiger charge is -2.29. The van der Waals surface area contributed by atoms with Crippen molar-refractivity contribution in [2.45, 2.75) is 32.4 Å². The second-order valence-corrected chi connectivity index (χ2v) is 7.80. The number of nitrogens with zero attached hydrogens (tertiary/aromatic N) is 4. The van der Waals surface area contributed by atoms with Crippen molar-refractivity contribution in [3.05, 3.63) is 53.3 Å². The van der Waals surface area contributed by atoms with Gasteiger partial charge < -0.3 is 9.57 Å². The number of amides is 3. The van der Waals surface area contributed by atoms with Crippen molar-refractivity contribution in [3.8, 4) is 0 Å². The van der Waals surface area contributed by atoms with Crippen molar-refractivity contribution in [2.75, 3.05) is 7.05 Å². The molecule has 1 unspecified atom stereocenters. The number of aromatic nitrogens is 2. The van der Waals surface area contributed by atoms with E-state index in [1.165, 1.54) is 36.3 Å². The van der Waals surface area contributed by atoms with Gasteiger partial charge in [-0.25, -0.2) is 9.59 Å². The zero-order valence-corrected chi connectivity index (χ0v) is 17.3. The molecule has 0 N–H and O–H groups in total. The number of fused-ring (bicyclic) bond motifs is 1. The fraction of sp³-hybridized carbons (Fsp3) is 0.350. The van der Waals surface area contributed by atoms with Crippen LogP contribution in [0.15, 0.2) is 36.7 Å². The Morgan fingerprint density at radius 3 is 2.13 bits per heavy atom. The molecule has 1 aromatic carbocycles. The quantitative estimate of drug-likeness (QED) is 0.704. The van der Waals surface area contributed by atoms with Crippen LogP contribution in [0.1, 0.15) is 53.1 Å². The van der Waals surface area contributed by atoms with E-state index in [1.807, 2.05) is 0 Å². The van der Waals surface area contributed by atoms with Gasteiger partial charge in [0.1, 0.15) is 5.60 Å². The van der Waals surface area contributed by atoms with Crippen molar-refractivity contribution in [3.63, 3.8) is 0 Å². The van der Waals surface area contributed by atoms with E-state index in [9.17, 15) is 19.2 Å². The van der Waals surface area contributed by atoms with Crippen LogP contribution in [0, 0.1) is 0 Å². The SMILES string of the molecule is CN(C(=O)OC(C)(C)C)C(C(=O)ON1C(=O)c2ccccc2C1=O)c1cnn(C)c1. The molecule has 2 aromatic rings. The number of rotatable bonds is 4. The van der Waals surface area contributed by atoms with Gasteiger partial charge in [0.05, 0.1) is 17.3 Å². The lowest BCUT2D eigenvalue weighted by atomic mass is 10.1. The lowest BCUT2D eigenvalue weighted by Crippen LogP contribution is -2.43. The van der Waals surface area contributed by atoms with Gasteiger partial charge in [0, 0.05) is 25.9 Å². The molecule has 0 saturated heterocycles. The maximum atomic E-state index is 13.0. The highest BCUT2D eigenvalue weighted by atomic mass is 16.7. The van der Waals surface area contributed by atoms with E-state index in [1.54, 1.807) is 40.0 Å². The smallest absolute Gasteiger partial charge is 0.411 e. The lowest BCUT2D eigenvalue weighted by molar-refractivity contribution is -0.174. The maximum Gasteiger partial charge on any atom is 0.411 e. The molecule has 10 nitrogen and oxygen atoms in total. The van der Waals surface area contributed by atoms with Crippen LogP contribution in [0.4, 0.5) is 4.79 Å². The first kappa shape index (κ1) is 21.0. The van der Waals surface area contributed by atoms with Crippen LogP contribution in [0.2, 0.25) is 0 Å². The Balaban J connectivity index is 1.87. The number of aryl methyl sites for hydroxylation is 1. The first-order valence-corrected chi connectivity index (χ1v) is 9.13. The molecule has 1 aliphatic rings. The predicted molar refractivity (Wildman–Crippen MR) is 103 cm³/mol. The van der Waals surface area contributed by atoms with E-state index in [0.717, 1.165) is 4.90 Å². The number of hydrogen-bond acceptors (Lipinski definition) is 7. The molecular formula is C20H22N4O6. The predicted octanol–water partition coefficient (Wildman–Crippen LogP) is 2.08. The van der Waals surface area contributed by atoms with Crippen LogP contribution >= 0.6 is 0 Å². The normalized spacial score (nSPS) is 14.4. The molecule has 0 spiro atoms. The van der Waals surface area contributed by atoms with Gasteiger partial charge in [0.2, 0.25) is 0 Å². The molecule has 3 amide bonds. The van der Waals surface area contributed by atoms with Gasteiger partial charge in [0.15, 0.2) is 6.04 Å². The van der Waals surface area contributed by atoms with Gasteiger partial charge in [-0.1, -0.05) is 17.2 Å². The second kappa shape index (κ2) is 7.62. The van der Waals surface area contributed by atoms with Gasteiger partial charge in [-0.2, -0.15) is 5.10 Å². The molecule has 1 aliphatic heterocycles. The number of imide groups is 1. The molecule has 0 fully saturated rings. The van der Waals surface area contributed by atoms with Crippen molar-refractivity contribution < 1.29 is 28.8 Å². The summed E-state index contributed by atoms with van der Waals surface area (Å²) >= 11 is 0. The number of ether oxygens (including phenoxy) is 1. The third-order valence-electron chi connectivity index (χ3n) is 4.27. The van der Waals surface area contributed by atoms with Gasteiger partial charge in [-0.3, -0.25) is 19.2 Å². The average Bonchev–Trinajstić information content (AvgIpc) is 3.18. The Kier molecular flexibility index (Phi) is 5.34. The van der Waals surface area contributed by atoms with Crippen LogP contribution < -0.4 is 0 Å². The van der Waals surface area contributed by atoms with E-state index < -0.39 is 35.5 Å². The van der Waals surface area contributed by atoms with Gasteiger partial charge in [-0.05, 0) is 32.9 Å². The molecular weight excluding hydrogens is 392 g/mol. The Bertz CT molecular complexity index is 987. The van der Waals surface area contributed by atoms with Crippen molar-refractivity contribution in [2.24, 2.45) is 7.05 Å². The van der Waals surface area contributed by atoms with E-state index in [-0.39, 0.29) is 11.1 Å². The molecule has 0 saturated carbocycles. The van der Waals surface area contributed by atoms with Gasteiger partial charge in [0.25, 0.3) is 11.8 Å². The fourth-order valence-electron chi connectivity index (χ4n) is 2.93. The molecule has 158 valence electrons. The summed E-state index contributed by atoms with van der Waals surface area (Å²) in [5, 5.41) is 4.42. The Labute approximate surface area is 172 Å². The third kappa shape index (κ3) is 4.02. The summed E-state index contributed by atoms with van der Waals surface area (Å²) in [5.74, 6) is -2.52. The summed E-state index contributed by atoms with van der Waals surface area (Å²) in [6, 6.07) is 4.84. The molecule has 10 heteroatoms. The summed E-state index contributed by atoms with van der Waals surface area (Å²) in [4.78, 5) is 56.7. The van der Waals surface area contributed by atoms with E-state index in [0.29, 0.717) is 10.6 Å². The van der Waals surface area contributed by atoms with Crippen molar-refractivity contribution >= 4 is 23.9 Å². The number of benzene rings is 1. The summed E-state index contributed by atoms with van der Waals surface area (Å²) in [5.41, 5.74) is -0.202. The topological polar surface area (TPSA) is 111 Å². The minimum Gasteiger partial charge on any atom is -0.444 e. The first-order chi connectivity index (χ1) is 14.0. The molecule has 0 radical (unpaired) electrons. The van der Waals surface area contributed by atoms with Crippen LogP contribution in [-0.4, -0.2) is 56.3 Å². The summed E-state index contributed by atoms with van der Waals surface area (Å²) in [6.45, 7) is 5.07. The minimum absolute atomic E-state index is 0.133. The maximum absolute atomic E-state index is 13.0. The van der Waals surface area contributed by atoms with Gasteiger partial charge in [-0.15, -0.1) is 0 Å². The zero-order valence-electron chi connectivity index (χ0n) is 17.3. The summed E-state index contributed by atoms with van der Waals surface area (Å²) in [7, 11) is 3.00. The second-order valence-electron chi connectivity index (χ2n) is 7.80. The summed E-state index contributed by atoms with van der Waals surface area (Å²) < 4.78 is 6.77. The van der Waals surface area contributed by atoms with E-state index in [4.69, 9.17) is 9.57 Å². The molecule has 0 aliphatic carbocycles. The van der Waals surface area contributed by atoms with Gasteiger partial charge >= 0.3 is 12.1 Å². The van der Waals surface area contributed by atoms with E-state index >= 15 is 0 Å². The third-order valence-corrected chi connectivity index (χ3v) is 4.27. The van der Waals surface area contributed by atoms with Crippen LogP contribution in [0.25, 0.3) is 0 Å². The highest BCUT2D eigenvalue weighted by Gasteiger charge is 2.42. The number of carbonyl (C=O) groups is 4.